The van der Waals surface area contributed by atoms with Gasteiger partial charge in [0.2, 0.25) is 5.91 Å². The first kappa shape index (κ1) is 13.4. The van der Waals surface area contributed by atoms with E-state index in [1.807, 2.05) is 13.8 Å². The summed E-state index contributed by atoms with van der Waals surface area (Å²) in [6, 6.07) is 0.292. The number of nitrogens with one attached hydrogen (secondary N) is 1. The van der Waals surface area contributed by atoms with Gasteiger partial charge in [-0.05, 0) is 26.2 Å². The molecular weight excluding hydrogens is 176 g/mol. The highest BCUT2D eigenvalue weighted by Crippen LogP contribution is 2.19. The average molecular weight is 200 g/mol. The van der Waals surface area contributed by atoms with Gasteiger partial charge >= 0.3 is 0 Å². The lowest BCUT2D eigenvalue weighted by molar-refractivity contribution is -0.130. The topological polar surface area (TPSA) is 55.1 Å². The summed E-state index contributed by atoms with van der Waals surface area (Å²) in [4.78, 5) is 11.9. The van der Waals surface area contributed by atoms with Crippen molar-refractivity contribution >= 4 is 5.91 Å². The first-order chi connectivity index (χ1) is 6.53. The van der Waals surface area contributed by atoms with Gasteiger partial charge in [-0.3, -0.25) is 4.79 Å². The number of carbonyl (C=O) groups is 1. The van der Waals surface area contributed by atoms with Crippen LogP contribution in [0.2, 0.25) is 0 Å². The molecule has 0 radical (unpaired) electrons. The highest BCUT2D eigenvalue weighted by Gasteiger charge is 2.30. The molecular formula is C11H24N2O. The van der Waals surface area contributed by atoms with Gasteiger partial charge in [0.25, 0.3) is 0 Å². The quantitative estimate of drug-likeness (QED) is 0.685. The van der Waals surface area contributed by atoms with Crippen LogP contribution in [0.3, 0.4) is 0 Å². The predicted molar refractivity (Wildman–Crippen MR) is 60.0 cm³/mol. The second-order valence-corrected chi connectivity index (χ2v) is 4.11. The smallest absolute Gasteiger partial charge is 0.227 e. The Morgan fingerprint density at radius 2 is 1.86 bits per heavy atom. The minimum Gasteiger partial charge on any atom is -0.353 e. The molecule has 0 saturated heterocycles. The van der Waals surface area contributed by atoms with Crippen LogP contribution < -0.4 is 11.1 Å². The van der Waals surface area contributed by atoms with Crippen LogP contribution in [0.25, 0.3) is 0 Å². The minimum atomic E-state index is -0.400. The van der Waals surface area contributed by atoms with Crippen LogP contribution in [-0.4, -0.2) is 18.5 Å². The Labute approximate surface area is 87.4 Å². The molecule has 0 aliphatic carbocycles. The Morgan fingerprint density at radius 1 is 1.36 bits per heavy atom. The maximum absolute atomic E-state index is 11.9. The van der Waals surface area contributed by atoms with Crippen molar-refractivity contribution in [1.82, 2.24) is 5.32 Å². The Morgan fingerprint density at radius 3 is 2.14 bits per heavy atom. The van der Waals surface area contributed by atoms with Crippen molar-refractivity contribution in [3.63, 3.8) is 0 Å². The second kappa shape index (κ2) is 6.02. The molecule has 0 aromatic carbocycles. The molecule has 1 unspecified atom stereocenters. The van der Waals surface area contributed by atoms with Crippen molar-refractivity contribution in [2.75, 3.05) is 6.54 Å². The Balaban J connectivity index is 4.30. The predicted octanol–water partition coefficient (Wildman–Crippen LogP) is 1.67. The van der Waals surface area contributed by atoms with E-state index in [-0.39, 0.29) is 5.91 Å². The van der Waals surface area contributed by atoms with Gasteiger partial charge < -0.3 is 11.1 Å². The van der Waals surface area contributed by atoms with Gasteiger partial charge in [-0.1, -0.05) is 20.8 Å². The van der Waals surface area contributed by atoms with Crippen molar-refractivity contribution in [2.24, 2.45) is 11.1 Å². The lowest BCUT2D eigenvalue weighted by Gasteiger charge is -2.27. The molecule has 14 heavy (non-hydrogen) atoms. The molecule has 3 heteroatoms. The molecule has 84 valence electrons. The molecule has 0 spiro atoms. The van der Waals surface area contributed by atoms with Crippen LogP contribution in [0.15, 0.2) is 0 Å². The summed E-state index contributed by atoms with van der Waals surface area (Å²) in [5, 5.41) is 3.04. The number of carbonyl (C=O) groups excluding carboxylic acids is 1. The van der Waals surface area contributed by atoms with E-state index >= 15 is 0 Å². The van der Waals surface area contributed by atoms with E-state index in [1.54, 1.807) is 0 Å². The van der Waals surface area contributed by atoms with E-state index in [1.165, 1.54) is 0 Å². The van der Waals surface area contributed by atoms with E-state index in [4.69, 9.17) is 5.73 Å². The highest BCUT2D eigenvalue weighted by atomic mass is 16.2. The zero-order valence-corrected chi connectivity index (χ0v) is 9.89. The molecule has 3 nitrogen and oxygen atoms in total. The largest absolute Gasteiger partial charge is 0.353 e. The summed E-state index contributed by atoms with van der Waals surface area (Å²) in [6.45, 7) is 8.50. The molecule has 0 aromatic heterocycles. The highest BCUT2D eigenvalue weighted by molar-refractivity contribution is 5.82. The molecule has 0 saturated carbocycles. The summed E-state index contributed by atoms with van der Waals surface area (Å²) < 4.78 is 0. The number of hydrogen-bond acceptors (Lipinski definition) is 2. The zero-order chi connectivity index (χ0) is 11.2. The van der Waals surface area contributed by atoms with E-state index in [9.17, 15) is 4.79 Å². The normalized spacial score (nSPS) is 15.3. The van der Waals surface area contributed by atoms with Gasteiger partial charge in [0, 0.05) is 12.6 Å². The fourth-order valence-corrected chi connectivity index (χ4v) is 1.25. The Bertz CT molecular complexity index is 172. The number of nitrogens with two attached hydrogens (primary N) is 1. The second-order valence-electron chi connectivity index (χ2n) is 4.11. The molecule has 1 atom stereocenters. The summed E-state index contributed by atoms with van der Waals surface area (Å²) in [5.41, 5.74) is 5.22. The lowest BCUT2D eigenvalue weighted by atomic mass is 9.86. The van der Waals surface area contributed by atoms with Crippen molar-refractivity contribution in [2.45, 2.75) is 53.0 Å². The van der Waals surface area contributed by atoms with Crippen LogP contribution in [0, 0.1) is 5.41 Å². The fraction of sp³-hybridized carbons (Fsp3) is 0.909. The Hall–Kier alpha value is -0.570. The van der Waals surface area contributed by atoms with E-state index in [0.29, 0.717) is 12.6 Å². The number of rotatable bonds is 6. The van der Waals surface area contributed by atoms with Crippen molar-refractivity contribution < 1.29 is 4.79 Å². The van der Waals surface area contributed by atoms with Crippen molar-refractivity contribution in [1.29, 1.82) is 0 Å². The maximum Gasteiger partial charge on any atom is 0.227 e. The summed E-state index contributed by atoms with van der Waals surface area (Å²) in [7, 11) is 0. The first-order valence-corrected chi connectivity index (χ1v) is 5.55. The molecule has 0 heterocycles. The summed E-state index contributed by atoms with van der Waals surface area (Å²) in [5.74, 6) is 0.0937. The average Bonchev–Trinajstić information content (AvgIpc) is 2.24. The molecule has 0 aliphatic heterocycles. The van der Waals surface area contributed by atoms with Crippen LogP contribution in [-0.2, 0) is 4.79 Å². The van der Waals surface area contributed by atoms with Gasteiger partial charge in [-0.2, -0.15) is 0 Å². The molecule has 0 bridgehead atoms. The third-order valence-corrected chi connectivity index (χ3v) is 3.10. The minimum absolute atomic E-state index is 0.0937. The third kappa shape index (κ3) is 3.29. The van der Waals surface area contributed by atoms with E-state index in [2.05, 4.69) is 19.2 Å². The lowest BCUT2D eigenvalue weighted by Crippen LogP contribution is -2.47. The van der Waals surface area contributed by atoms with Crippen molar-refractivity contribution in [3.05, 3.63) is 0 Å². The number of hydrogen-bond donors (Lipinski definition) is 2. The van der Waals surface area contributed by atoms with Crippen LogP contribution in [0.5, 0.6) is 0 Å². The summed E-state index contributed by atoms with van der Waals surface area (Å²) >= 11 is 0. The Kier molecular flexibility index (Phi) is 5.77. The molecule has 0 aromatic rings. The van der Waals surface area contributed by atoms with E-state index < -0.39 is 5.41 Å². The maximum atomic E-state index is 11.9. The zero-order valence-electron chi connectivity index (χ0n) is 9.89. The van der Waals surface area contributed by atoms with Gasteiger partial charge in [0.1, 0.15) is 0 Å². The van der Waals surface area contributed by atoms with Gasteiger partial charge in [0.05, 0.1) is 5.41 Å². The first-order valence-electron chi connectivity index (χ1n) is 5.55. The fourth-order valence-electron chi connectivity index (χ4n) is 1.25. The van der Waals surface area contributed by atoms with Crippen LogP contribution in [0.4, 0.5) is 0 Å². The molecule has 0 rings (SSSR count). The van der Waals surface area contributed by atoms with Gasteiger partial charge in [-0.15, -0.1) is 0 Å². The van der Waals surface area contributed by atoms with Crippen molar-refractivity contribution in [3.8, 4) is 0 Å². The SMILES string of the molecule is CCC(CC)NC(=O)C(C)(CC)CN. The molecule has 0 aliphatic rings. The van der Waals surface area contributed by atoms with E-state index in [0.717, 1.165) is 19.3 Å². The molecule has 3 N–H and O–H groups in total. The summed E-state index contributed by atoms with van der Waals surface area (Å²) in [6.07, 6.45) is 2.74. The number of amides is 1. The third-order valence-electron chi connectivity index (χ3n) is 3.10. The van der Waals surface area contributed by atoms with Crippen LogP contribution in [0.1, 0.15) is 47.0 Å². The van der Waals surface area contributed by atoms with Gasteiger partial charge in [-0.25, -0.2) is 0 Å². The standard InChI is InChI=1S/C11H24N2O/c1-5-9(6-2)13-10(14)11(4,7-3)8-12/h9H,5-8,12H2,1-4H3,(H,13,14). The molecule has 1 amide bonds. The molecule has 0 fully saturated rings. The monoisotopic (exact) mass is 200 g/mol. The van der Waals surface area contributed by atoms with Gasteiger partial charge in [0.15, 0.2) is 0 Å². The van der Waals surface area contributed by atoms with Crippen LogP contribution >= 0.6 is 0 Å².